The molecule has 3 aromatic rings. The van der Waals surface area contributed by atoms with Crippen LogP contribution in [0.25, 0.3) is 0 Å². The lowest BCUT2D eigenvalue weighted by Gasteiger charge is -2.27. The van der Waals surface area contributed by atoms with Gasteiger partial charge in [0.15, 0.2) is 0 Å². The first kappa shape index (κ1) is 22.5. The van der Waals surface area contributed by atoms with Crippen molar-refractivity contribution in [2.24, 2.45) is 0 Å². The number of rotatable bonds is 6. The van der Waals surface area contributed by atoms with Gasteiger partial charge in [-0.25, -0.2) is 4.79 Å². The van der Waals surface area contributed by atoms with Crippen LogP contribution < -0.4 is 4.74 Å². The average Bonchev–Trinajstić information content (AvgIpc) is 3.20. The molecule has 1 aliphatic rings. The number of ether oxygens (including phenoxy) is 2. The normalized spacial score (nSPS) is 14.7. The van der Waals surface area contributed by atoms with Crippen molar-refractivity contribution < 1.29 is 14.3 Å². The van der Waals surface area contributed by atoms with Crippen LogP contribution in [0.5, 0.6) is 5.75 Å². The largest absolute Gasteiger partial charge is 0.489 e. The van der Waals surface area contributed by atoms with Gasteiger partial charge in [-0.1, -0.05) is 83.9 Å². The van der Waals surface area contributed by atoms with E-state index in [2.05, 4.69) is 6.58 Å². The number of hydrogen-bond donors (Lipinski definition) is 0. The van der Waals surface area contributed by atoms with E-state index < -0.39 is 12.1 Å². The quantitative estimate of drug-likeness (QED) is 0.338. The predicted molar refractivity (Wildman–Crippen MR) is 128 cm³/mol. The van der Waals surface area contributed by atoms with E-state index in [1.165, 1.54) is 0 Å². The molecular weight excluding hydrogens is 469 g/mol. The minimum absolute atomic E-state index is 0.156. The Hall–Kier alpha value is -2.66. The van der Waals surface area contributed by atoms with Gasteiger partial charge in [0.25, 0.3) is 0 Å². The van der Waals surface area contributed by atoms with E-state index in [1.807, 2.05) is 36.4 Å². The standard InChI is InChI=1S/C25H20Cl3NO3/c1-2-12-31-22-11-8-17(26)13-19(22)24-18-9-10-21(27)23(28)20(18)14-29(24)25(30)32-15-16-6-4-3-5-7-16/h2-11,13,24H,1,12,14-15H2. The second-order valence-electron chi connectivity index (χ2n) is 7.28. The van der Waals surface area contributed by atoms with E-state index in [-0.39, 0.29) is 13.2 Å². The molecule has 1 unspecified atom stereocenters. The Balaban J connectivity index is 1.73. The van der Waals surface area contributed by atoms with E-state index >= 15 is 0 Å². The molecule has 7 heteroatoms. The molecule has 0 fully saturated rings. The highest BCUT2D eigenvalue weighted by Crippen LogP contribution is 2.46. The number of halogens is 3. The zero-order valence-electron chi connectivity index (χ0n) is 17.1. The number of carbonyl (C=O) groups excluding carboxylic acids is 1. The van der Waals surface area contributed by atoms with Crippen LogP contribution in [0.4, 0.5) is 4.79 Å². The highest BCUT2D eigenvalue weighted by Gasteiger charge is 2.39. The molecule has 1 amide bonds. The van der Waals surface area contributed by atoms with E-state index in [1.54, 1.807) is 35.2 Å². The first-order valence-electron chi connectivity index (χ1n) is 9.97. The van der Waals surface area contributed by atoms with Crippen LogP contribution in [-0.4, -0.2) is 17.6 Å². The summed E-state index contributed by atoms with van der Waals surface area (Å²) >= 11 is 19.1. The lowest BCUT2D eigenvalue weighted by molar-refractivity contribution is 0.0883. The summed E-state index contributed by atoms with van der Waals surface area (Å²) in [6.07, 6.45) is 1.18. The lowest BCUT2D eigenvalue weighted by Crippen LogP contribution is -2.31. The topological polar surface area (TPSA) is 38.8 Å². The van der Waals surface area contributed by atoms with Crippen molar-refractivity contribution in [2.75, 3.05) is 6.61 Å². The van der Waals surface area contributed by atoms with Crippen molar-refractivity contribution >= 4 is 40.9 Å². The number of nitrogens with zero attached hydrogens (tertiary/aromatic N) is 1. The van der Waals surface area contributed by atoms with Crippen LogP contribution in [0.1, 0.15) is 28.3 Å². The smallest absolute Gasteiger partial charge is 0.411 e. The summed E-state index contributed by atoms with van der Waals surface area (Å²) in [5, 5.41) is 1.37. The molecule has 32 heavy (non-hydrogen) atoms. The van der Waals surface area contributed by atoms with Gasteiger partial charge in [-0.05, 0) is 41.0 Å². The maximum absolute atomic E-state index is 13.2. The van der Waals surface area contributed by atoms with E-state index in [0.717, 1.165) is 22.3 Å². The summed E-state index contributed by atoms with van der Waals surface area (Å²) in [4.78, 5) is 14.8. The highest BCUT2D eigenvalue weighted by molar-refractivity contribution is 6.42. The number of carbonyl (C=O) groups is 1. The maximum Gasteiger partial charge on any atom is 0.411 e. The van der Waals surface area contributed by atoms with Crippen molar-refractivity contribution in [3.8, 4) is 5.75 Å². The van der Waals surface area contributed by atoms with Crippen LogP contribution in [0, 0.1) is 0 Å². The van der Waals surface area contributed by atoms with Gasteiger partial charge in [-0.15, -0.1) is 0 Å². The van der Waals surface area contributed by atoms with E-state index in [9.17, 15) is 4.79 Å². The first-order chi connectivity index (χ1) is 15.5. The van der Waals surface area contributed by atoms with Crippen LogP contribution in [0.3, 0.4) is 0 Å². The second kappa shape index (κ2) is 9.86. The van der Waals surface area contributed by atoms with Crippen molar-refractivity contribution in [1.29, 1.82) is 0 Å². The molecule has 0 saturated heterocycles. The molecule has 4 rings (SSSR count). The average molecular weight is 489 g/mol. The van der Waals surface area contributed by atoms with Gasteiger partial charge in [0.2, 0.25) is 0 Å². The molecular formula is C25H20Cl3NO3. The molecule has 0 N–H and O–H groups in total. The van der Waals surface area contributed by atoms with Crippen molar-refractivity contribution in [3.63, 3.8) is 0 Å². The molecule has 0 bridgehead atoms. The fourth-order valence-corrected chi connectivity index (χ4v) is 4.36. The first-order valence-corrected chi connectivity index (χ1v) is 11.1. The Labute approximate surface area is 201 Å². The minimum Gasteiger partial charge on any atom is -0.489 e. The van der Waals surface area contributed by atoms with E-state index in [4.69, 9.17) is 44.3 Å². The van der Waals surface area contributed by atoms with E-state index in [0.29, 0.717) is 27.4 Å². The number of hydrogen-bond acceptors (Lipinski definition) is 3. The van der Waals surface area contributed by atoms with Gasteiger partial charge < -0.3 is 9.47 Å². The molecule has 1 atom stereocenters. The fraction of sp³-hybridized carbons (Fsp3) is 0.160. The molecule has 0 radical (unpaired) electrons. The van der Waals surface area contributed by atoms with Gasteiger partial charge in [0.05, 0.1) is 22.6 Å². The minimum atomic E-state index is -0.499. The summed E-state index contributed by atoms with van der Waals surface area (Å²) in [5.41, 5.74) is 3.25. The van der Waals surface area contributed by atoms with Gasteiger partial charge in [-0.3, -0.25) is 4.90 Å². The summed E-state index contributed by atoms with van der Waals surface area (Å²) in [7, 11) is 0. The molecule has 164 valence electrons. The lowest BCUT2D eigenvalue weighted by atomic mass is 9.97. The van der Waals surface area contributed by atoms with Crippen molar-refractivity contribution in [2.45, 2.75) is 19.2 Å². The van der Waals surface area contributed by atoms with Crippen LogP contribution in [0.2, 0.25) is 15.1 Å². The van der Waals surface area contributed by atoms with Crippen molar-refractivity contribution in [3.05, 3.63) is 111 Å². The summed E-state index contributed by atoms with van der Waals surface area (Å²) in [6.45, 7) is 4.43. The molecule has 0 spiro atoms. The van der Waals surface area contributed by atoms with Gasteiger partial charge in [-0.2, -0.15) is 0 Å². The van der Waals surface area contributed by atoms with Crippen LogP contribution >= 0.6 is 34.8 Å². The molecule has 4 nitrogen and oxygen atoms in total. The van der Waals surface area contributed by atoms with Crippen LogP contribution in [-0.2, 0) is 17.9 Å². The SMILES string of the molecule is C=CCOc1ccc(Cl)cc1C1c2ccc(Cl)c(Cl)c2CN1C(=O)OCc1ccccc1. The number of benzene rings is 3. The van der Waals surface area contributed by atoms with Crippen molar-refractivity contribution in [1.82, 2.24) is 4.90 Å². The Morgan fingerprint density at radius 3 is 2.59 bits per heavy atom. The third kappa shape index (κ3) is 4.58. The summed E-state index contributed by atoms with van der Waals surface area (Å²) in [6, 6.07) is 17.9. The summed E-state index contributed by atoms with van der Waals surface area (Å²) < 4.78 is 11.5. The predicted octanol–water partition coefficient (Wildman–Crippen LogP) is 7.45. The third-order valence-electron chi connectivity index (χ3n) is 5.23. The van der Waals surface area contributed by atoms with Crippen LogP contribution in [0.15, 0.2) is 73.3 Å². The Kier molecular flexibility index (Phi) is 6.95. The Morgan fingerprint density at radius 1 is 1.06 bits per heavy atom. The number of amides is 1. The van der Waals surface area contributed by atoms with Gasteiger partial charge in [0.1, 0.15) is 19.0 Å². The molecule has 1 aliphatic heterocycles. The van der Waals surface area contributed by atoms with Gasteiger partial charge >= 0.3 is 6.09 Å². The molecule has 0 aliphatic carbocycles. The zero-order valence-corrected chi connectivity index (χ0v) is 19.3. The maximum atomic E-state index is 13.2. The number of fused-ring (bicyclic) bond motifs is 1. The Bertz CT molecular complexity index is 1150. The fourth-order valence-electron chi connectivity index (χ4n) is 3.77. The molecule has 0 saturated carbocycles. The van der Waals surface area contributed by atoms with Gasteiger partial charge in [0, 0.05) is 10.6 Å². The molecule has 3 aromatic carbocycles. The third-order valence-corrected chi connectivity index (χ3v) is 6.31. The monoisotopic (exact) mass is 487 g/mol. The molecule has 0 aromatic heterocycles. The zero-order chi connectivity index (χ0) is 22.7. The molecule has 1 heterocycles. The second-order valence-corrected chi connectivity index (χ2v) is 8.50. The summed E-state index contributed by atoms with van der Waals surface area (Å²) in [5.74, 6) is 0.596. The Morgan fingerprint density at radius 2 is 1.84 bits per heavy atom. The highest BCUT2D eigenvalue weighted by atomic mass is 35.5.